The van der Waals surface area contributed by atoms with Crippen LogP contribution in [0.1, 0.15) is 38.2 Å². The lowest BCUT2D eigenvalue weighted by Crippen LogP contribution is -2.30. The molecule has 2 nitrogen and oxygen atoms in total. The zero-order chi connectivity index (χ0) is 11.6. The van der Waals surface area contributed by atoms with Gasteiger partial charge in [0.1, 0.15) is 6.07 Å². The van der Waals surface area contributed by atoms with Crippen LogP contribution in [0.2, 0.25) is 5.02 Å². The maximum Gasteiger partial charge on any atom is 0.101 e. The van der Waals surface area contributed by atoms with Gasteiger partial charge in [0, 0.05) is 11.2 Å². The van der Waals surface area contributed by atoms with Gasteiger partial charge in [-0.3, -0.25) is 0 Å². The van der Waals surface area contributed by atoms with Crippen molar-refractivity contribution in [2.45, 2.75) is 38.1 Å². The van der Waals surface area contributed by atoms with Gasteiger partial charge in [-0.25, -0.2) is 0 Å². The predicted octanol–water partition coefficient (Wildman–Crippen LogP) is 3.96. The van der Waals surface area contributed by atoms with E-state index in [1.807, 2.05) is 12.1 Å². The third-order valence-corrected chi connectivity index (χ3v) is 3.56. The molecule has 84 valence electrons. The number of benzene rings is 1. The number of nitrogens with zero attached hydrogens (tertiary/aromatic N) is 1. The Labute approximate surface area is 101 Å². The molecule has 0 atom stereocenters. The lowest BCUT2D eigenvalue weighted by atomic mass is 10.00. The summed E-state index contributed by atoms with van der Waals surface area (Å²) < 4.78 is 0. The largest absolute Gasteiger partial charge is 0.380 e. The minimum Gasteiger partial charge on any atom is -0.380 e. The van der Waals surface area contributed by atoms with Gasteiger partial charge in [0.2, 0.25) is 0 Å². The molecule has 3 heteroatoms. The highest BCUT2D eigenvalue weighted by molar-refractivity contribution is 6.32. The van der Waals surface area contributed by atoms with E-state index in [1.165, 1.54) is 25.7 Å². The van der Waals surface area contributed by atoms with Crippen molar-refractivity contribution < 1.29 is 0 Å². The summed E-state index contributed by atoms with van der Waals surface area (Å²) in [5.41, 5.74) is 1.73. The molecule has 0 unspecified atom stereocenters. The van der Waals surface area contributed by atoms with E-state index >= 15 is 0 Å². The molecule has 0 aliphatic heterocycles. The first-order chi connectivity index (χ1) is 7.63. The van der Waals surface area contributed by atoms with Crippen molar-refractivity contribution in [2.24, 2.45) is 0 Å². The summed E-state index contributed by atoms with van der Waals surface area (Å²) in [5, 5.41) is 12.8. The molecule has 0 spiro atoms. The molecule has 0 aromatic heterocycles. The lowest BCUT2D eigenvalue weighted by Gasteiger charge is -2.26. The number of hydrogen-bond acceptors (Lipinski definition) is 2. The Balaban J connectivity index is 2.16. The molecule has 1 aromatic carbocycles. The topological polar surface area (TPSA) is 35.8 Å². The van der Waals surface area contributed by atoms with Crippen LogP contribution in [0.25, 0.3) is 0 Å². The normalized spacial score (nSPS) is 18.1. The van der Waals surface area contributed by atoms with Gasteiger partial charge in [0.05, 0.1) is 10.6 Å². The van der Waals surface area contributed by atoms with Crippen LogP contribution in [-0.2, 0) is 0 Å². The highest BCUT2D eigenvalue weighted by atomic mass is 35.5. The summed E-state index contributed by atoms with van der Waals surface area (Å²) >= 11 is 6.00. The second kappa shape index (κ2) is 4.35. The van der Waals surface area contributed by atoms with Crippen LogP contribution in [0.15, 0.2) is 18.2 Å². The number of nitriles is 1. The minimum absolute atomic E-state index is 0.192. The smallest absolute Gasteiger partial charge is 0.101 e. The van der Waals surface area contributed by atoms with E-state index in [0.29, 0.717) is 10.6 Å². The van der Waals surface area contributed by atoms with Gasteiger partial charge >= 0.3 is 0 Å². The van der Waals surface area contributed by atoms with Crippen molar-refractivity contribution in [3.63, 3.8) is 0 Å². The van der Waals surface area contributed by atoms with Gasteiger partial charge in [0.25, 0.3) is 0 Å². The van der Waals surface area contributed by atoms with Crippen molar-refractivity contribution >= 4 is 17.3 Å². The van der Waals surface area contributed by atoms with Crippen LogP contribution in [-0.4, -0.2) is 5.54 Å². The van der Waals surface area contributed by atoms with Crippen LogP contribution in [0.5, 0.6) is 0 Å². The molecule has 2 rings (SSSR count). The van der Waals surface area contributed by atoms with Crippen LogP contribution in [0, 0.1) is 11.3 Å². The maximum absolute atomic E-state index is 8.79. The lowest BCUT2D eigenvalue weighted by molar-refractivity contribution is 0.533. The zero-order valence-corrected chi connectivity index (χ0v) is 10.1. The second-order valence-corrected chi connectivity index (χ2v) is 5.11. The summed E-state index contributed by atoms with van der Waals surface area (Å²) in [7, 11) is 0. The standard InChI is InChI=1S/C13H15ClN2/c1-13(6-2-3-7-13)16-11-5-4-10(9-15)12(14)8-11/h4-5,8,16H,2-3,6-7H2,1H3. The van der Waals surface area contributed by atoms with Gasteiger partial charge in [-0.2, -0.15) is 5.26 Å². The number of rotatable bonds is 2. The number of halogens is 1. The van der Waals surface area contributed by atoms with Crippen LogP contribution >= 0.6 is 11.6 Å². The molecular weight excluding hydrogens is 220 g/mol. The number of hydrogen-bond donors (Lipinski definition) is 1. The predicted molar refractivity (Wildman–Crippen MR) is 66.7 cm³/mol. The summed E-state index contributed by atoms with van der Waals surface area (Å²) in [4.78, 5) is 0. The van der Waals surface area contributed by atoms with Crippen molar-refractivity contribution in [3.8, 4) is 6.07 Å². The first-order valence-corrected chi connectivity index (χ1v) is 5.99. The fourth-order valence-electron chi connectivity index (χ4n) is 2.31. The van der Waals surface area contributed by atoms with Crippen molar-refractivity contribution in [3.05, 3.63) is 28.8 Å². The van der Waals surface area contributed by atoms with Crippen molar-refractivity contribution in [2.75, 3.05) is 5.32 Å². The van der Waals surface area contributed by atoms with E-state index in [-0.39, 0.29) is 5.54 Å². The van der Waals surface area contributed by atoms with Crippen LogP contribution in [0.4, 0.5) is 5.69 Å². The van der Waals surface area contributed by atoms with E-state index in [1.54, 1.807) is 6.07 Å². The molecule has 0 saturated heterocycles. The highest BCUT2D eigenvalue weighted by Crippen LogP contribution is 2.33. The van der Waals surface area contributed by atoms with Crippen LogP contribution < -0.4 is 5.32 Å². The molecule has 0 heterocycles. The van der Waals surface area contributed by atoms with E-state index in [9.17, 15) is 0 Å². The molecule has 1 N–H and O–H groups in total. The molecule has 1 saturated carbocycles. The maximum atomic E-state index is 8.79. The molecule has 1 aromatic rings. The van der Waals surface area contributed by atoms with Crippen molar-refractivity contribution in [1.29, 1.82) is 5.26 Å². The third kappa shape index (κ3) is 2.31. The number of nitrogens with one attached hydrogen (secondary N) is 1. The summed E-state index contributed by atoms with van der Waals surface area (Å²) in [6.45, 7) is 2.24. The van der Waals surface area contributed by atoms with E-state index < -0.39 is 0 Å². The monoisotopic (exact) mass is 234 g/mol. The Kier molecular flexibility index (Phi) is 3.07. The Morgan fingerprint density at radius 2 is 2.06 bits per heavy atom. The second-order valence-electron chi connectivity index (χ2n) is 4.70. The SMILES string of the molecule is CC1(Nc2ccc(C#N)c(Cl)c2)CCCC1. The first kappa shape index (κ1) is 11.3. The fourth-order valence-corrected chi connectivity index (χ4v) is 2.54. The first-order valence-electron chi connectivity index (χ1n) is 5.61. The van der Waals surface area contributed by atoms with Gasteiger partial charge in [-0.1, -0.05) is 24.4 Å². The average molecular weight is 235 g/mol. The molecule has 16 heavy (non-hydrogen) atoms. The molecule has 0 amide bonds. The Bertz CT molecular complexity index is 428. The minimum atomic E-state index is 0.192. The van der Waals surface area contributed by atoms with Gasteiger partial charge in [-0.15, -0.1) is 0 Å². The molecule has 1 aliphatic carbocycles. The Hall–Kier alpha value is -1.20. The fraction of sp³-hybridized carbons (Fsp3) is 0.462. The molecular formula is C13H15ClN2. The highest BCUT2D eigenvalue weighted by Gasteiger charge is 2.28. The molecule has 0 radical (unpaired) electrons. The molecule has 0 bridgehead atoms. The summed E-state index contributed by atoms with van der Waals surface area (Å²) in [5.74, 6) is 0. The van der Waals surface area contributed by atoms with Crippen LogP contribution in [0.3, 0.4) is 0 Å². The van der Waals surface area contributed by atoms with E-state index in [2.05, 4.69) is 18.3 Å². The van der Waals surface area contributed by atoms with Crippen molar-refractivity contribution in [1.82, 2.24) is 0 Å². The molecule has 1 aliphatic rings. The van der Waals surface area contributed by atoms with E-state index in [0.717, 1.165) is 5.69 Å². The van der Waals surface area contributed by atoms with Gasteiger partial charge in [-0.05, 0) is 38.0 Å². The Morgan fingerprint density at radius 1 is 1.38 bits per heavy atom. The average Bonchev–Trinajstić information content (AvgIpc) is 2.65. The van der Waals surface area contributed by atoms with Gasteiger partial charge < -0.3 is 5.32 Å². The third-order valence-electron chi connectivity index (χ3n) is 3.24. The van der Waals surface area contributed by atoms with Gasteiger partial charge in [0.15, 0.2) is 0 Å². The van der Waals surface area contributed by atoms with E-state index in [4.69, 9.17) is 16.9 Å². The zero-order valence-electron chi connectivity index (χ0n) is 9.39. The Morgan fingerprint density at radius 3 is 2.62 bits per heavy atom. The summed E-state index contributed by atoms with van der Waals surface area (Å²) in [6.07, 6.45) is 4.97. The molecule has 1 fully saturated rings. The number of anilines is 1. The quantitative estimate of drug-likeness (QED) is 0.841. The summed E-state index contributed by atoms with van der Waals surface area (Å²) in [6, 6.07) is 7.59.